The first-order valence-electron chi connectivity index (χ1n) is 20.2. The van der Waals surface area contributed by atoms with Crippen LogP contribution in [0.25, 0.3) is 0 Å². The SMILES string of the molecule is CCCCCCC=CCCCCCCCC(=O)OC[C@H](CO)OC(=O)CCCCCCCCCCCCCCCCCCCCC. The van der Waals surface area contributed by atoms with Crippen LogP contribution in [0.4, 0.5) is 0 Å². The van der Waals surface area contributed by atoms with Crippen molar-refractivity contribution < 1.29 is 24.2 Å². The van der Waals surface area contributed by atoms with Crippen molar-refractivity contribution in [1.82, 2.24) is 0 Å². The van der Waals surface area contributed by atoms with Crippen LogP contribution in [0.5, 0.6) is 0 Å². The van der Waals surface area contributed by atoms with Gasteiger partial charge in [-0.3, -0.25) is 9.59 Å². The molecule has 0 radical (unpaired) electrons. The van der Waals surface area contributed by atoms with Gasteiger partial charge in [0.05, 0.1) is 6.61 Å². The molecule has 1 atom stereocenters. The summed E-state index contributed by atoms with van der Waals surface area (Å²) >= 11 is 0. The van der Waals surface area contributed by atoms with Crippen LogP contribution in [0.1, 0.15) is 219 Å². The maximum atomic E-state index is 12.2. The largest absolute Gasteiger partial charge is 0.462 e. The molecule has 5 nitrogen and oxygen atoms in total. The van der Waals surface area contributed by atoms with Gasteiger partial charge in [0.2, 0.25) is 0 Å². The third kappa shape index (κ3) is 35.5. The Morgan fingerprint density at radius 1 is 0.478 bits per heavy atom. The molecule has 0 aromatic rings. The third-order valence-electron chi connectivity index (χ3n) is 9.06. The van der Waals surface area contributed by atoms with Gasteiger partial charge < -0.3 is 14.6 Å². The number of esters is 2. The van der Waals surface area contributed by atoms with Gasteiger partial charge in [-0.15, -0.1) is 0 Å². The smallest absolute Gasteiger partial charge is 0.306 e. The summed E-state index contributed by atoms with van der Waals surface area (Å²) in [7, 11) is 0. The second-order valence-electron chi connectivity index (χ2n) is 13.7. The van der Waals surface area contributed by atoms with E-state index in [2.05, 4.69) is 26.0 Å². The molecule has 46 heavy (non-hydrogen) atoms. The average Bonchev–Trinajstić information content (AvgIpc) is 3.06. The Bertz CT molecular complexity index is 661. The number of carbonyl (C=O) groups excluding carboxylic acids is 2. The molecule has 0 aliphatic heterocycles. The summed E-state index contributed by atoms with van der Waals surface area (Å²) in [4.78, 5) is 24.2. The topological polar surface area (TPSA) is 72.8 Å². The van der Waals surface area contributed by atoms with E-state index >= 15 is 0 Å². The van der Waals surface area contributed by atoms with Crippen LogP contribution in [0.3, 0.4) is 0 Å². The minimum Gasteiger partial charge on any atom is -0.462 e. The van der Waals surface area contributed by atoms with Crippen molar-refractivity contribution in [1.29, 1.82) is 0 Å². The zero-order chi connectivity index (χ0) is 33.6. The van der Waals surface area contributed by atoms with E-state index in [4.69, 9.17) is 9.47 Å². The molecule has 0 spiro atoms. The second-order valence-corrected chi connectivity index (χ2v) is 13.7. The molecule has 1 N–H and O–H groups in total. The number of hydrogen-bond acceptors (Lipinski definition) is 5. The number of hydrogen-bond donors (Lipinski definition) is 1. The van der Waals surface area contributed by atoms with E-state index in [1.165, 1.54) is 148 Å². The fraction of sp³-hybridized carbons (Fsp3) is 0.902. The lowest BCUT2D eigenvalue weighted by atomic mass is 10.0. The van der Waals surface area contributed by atoms with Crippen LogP contribution in [-0.4, -0.2) is 36.4 Å². The van der Waals surface area contributed by atoms with Crippen LogP contribution in [-0.2, 0) is 19.1 Å². The van der Waals surface area contributed by atoms with Crippen molar-refractivity contribution in [2.24, 2.45) is 0 Å². The predicted molar refractivity (Wildman–Crippen MR) is 196 cm³/mol. The van der Waals surface area contributed by atoms with Crippen molar-refractivity contribution >= 4 is 11.9 Å². The molecule has 0 rings (SSSR count). The third-order valence-corrected chi connectivity index (χ3v) is 9.06. The number of unbranched alkanes of at least 4 members (excludes halogenated alkanes) is 27. The Hall–Kier alpha value is -1.36. The summed E-state index contributed by atoms with van der Waals surface area (Å²) in [5, 5.41) is 9.55. The second kappa shape index (κ2) is 38.1. The van der Waals surface area contributed by atoms with Crippen LogP contribution in [0.15, 0.2) is 12.2 Å². The molecular formula is C41H78O5. The Balaban J connectivity index is 3.50. The summed E-state index contributed by atoms with van der Waals surface area (Å²) in [6.45, 7) is 4.13. The Morgan fingerprint density at radius 3 is 1.20 bits per heavy atom. The molecule has 0 saturated heterocycles. The van der Waals surface area contributed by atoms with Crippen LogP contribution in [0, 0.1) is 0 Å². The zero-order valence-electron chi connectivity index (χ0n) is 30.9. The van der Waals surface area contributed by atoms with E-state index in [0.29, 0.717) is 12.8 Å². The van der Waals surface area contributed by atoms with Crippen LogP contribution in [0.2, 0.25) is 0 Å². The molecule has 0 unspecified atom stereocenters. The summed E-state index contributed by atoms with van der Waals surface area (Å²) in [5.41, 5.74) is 0. The van der Waals surface area contributed by atoms with E-state index in [9.17, 15) is 14.7 Å². The molecule has 0 aromatic carbocycles. The van der Waals surface area contributed by atoms with Crippen molar-refractivity contribution in [3.8, 4) is 0 Å². The molecule has 0 heterocycles. The van der Waals surface area contributed by atoms with Gasteiger partial charge in [-0.05, 0) is 38.5 Å². The van der Waals surface area contributed by atoms with Gasteiger partial charge in [0.1, 0.15) is 6.61 Å². The van der Waals surface area contributed by atoms with Crippen molar-refractivity contribution in [3.63, 3.8) is 0 Å². The Labute approximate surface area is 286 Å². The van der Waals surface area contributed by atoms with Gasteiger partial charge in [-0.2, -0.15) is 0 Å². The molecule has 0 aliphatic carbocycles. The molecule has 0 amide bonds. The van der Waals surface area contributed by atoms with E-state index in [1.807, 2.05) is 0 Å². The van der Waals surface area contributed by atoms with Gasteiger partial charge >= 0.3 is 11.9 Å². The van der Waals surface area contributed by atoms with Gasteiger partial charge in [0.25, 0.3) is 0 Å². The monoisotopic (exact) mass is 651 g/mol. The lowest BCUT2D eigenvalue weighted by molar-refractivity contribution is -0.161. The average molecular weight is 651 g/mol. The summed E-state index contributed by atoms with van der Waals surface area (Å²) in [5.74, 6) is -0.590. The first kappa shape index (κ1) is 44.6. The summed E-state index contributed by atoms with van der Waals surface area (Å²) in [6, 6.07) is 0. The highest BCUT2D eigenvalue weighted by Crippen LogP contribution is 2.15. The van der Waals surface area contributed by atoms with E-state index < -0.39 is 6.10 Å². The minimum absolute atomic E-state index is 0.0644. The summed E-state index contributed by atoms with van der Waals surface area (Å²) in [6.07, 6.45) is 42.7. The zero-order valence-corrected chi connectivity index (χ0v) is 30.9. The molecule has 5 heteroatoms. The molecule has 0 bridgehead atoms. The molecule has 0 aliphatic rings. The van der Waals surface area contributed by atoms with E-state index in [-0.39, 0.29) is 25.2 Å². The number of aliphatic hydroxyl groups is 1. The highest BCUT2D eigenvalue weighted by atomic mass is 16.6. The van der Waals surface area contributed by atoms with Crippen molar-refractivity contribution in [2.45, 2.75) is 225 Å². The standard InChI is InChI=1S/C41H78O5/c1-3-5-7-9-11-13-15-17-18-19-20-21-22-24-26-28-30-32-34-36-41(44)46-39(37-42)38-45-40(43)35-33-31-29-27-25-23-16-14-12-10-8-6-4-2/h14,16,39,42H,3-13,15,17-38H2,1-2H3/t39-/m0/s1. The van der Waals surface area contributed by atoms with Crippen LogP contribution >= 0.6 is 0 Å². The van der Waals surface area contributed by atoms with E-state index in [0.717, 1.165) is 44.9 Å². The lowest BCUT2D eigenvalue weighted by Crippen LogP contribution is -2.28. The lowest BCUT2D eigenvalue weighted by Gasteiger charge is -2.15. The fourth-order valence-corrected chi connectivity index (χ4v) is 5.96. The Kier molecular flexibility index (Phi) is 37.0. The Morgan fingerprint density at radius 2 is 0.804 bits per heavy atom. The highest BCUT2D eigenvalue weighted by molar-refractivity contribution is 5.70. The minimum atomic E-state index is -0.767. The predicted octanol–water partition coefficient (Wildman–Crippen LogP) is 12.5. The maximum Gasteiger partial charge on any atom is 0.306 e. The number of carbonyl (C=O) groups is 2. The number of rotatable bonds is 37. The quantitative estimate of drug-likeness (QED) is 0.0411. The normalized spacial score (nSPS) is 12.2. The highest BCUT2D eigenvalue weighted by Gasteiger charge is 2.16. The maximum absolute atomic E-state index is 12.2. The molecule has 272 valence electrons. The number of aliphatic hydroxyl groups excluding tert-OH is 1. The van der Waals surface area contributed by atoms with E-state index in [1.54, 1.807) is 0 Å². The first-order valence-corrected chi connectivity index (χ1v) is 20.2. The molecule has 0 fully saturated rings. The van der Waals surface area contributed by atoms with Gasteiger partial charge in [-0.1, -0.05) is 180 Å². The number of ether oxygens (including phenoxy) is 2. The first-order chi connectivity index (χ1) is 22.6. The van der Waals surface area contributed by atoms with Gasteiger partial charge in [0.15, 0.2) is 6.10 Å². The number of allylic oxidation sites excluding steroid dienone is 2. The van der Waals surface area contributed by atoms with Crippen molar-refractivity contribution in [3.05, 3.63) is 12.2 Å². The molecule has 0 saturated carbocycles. The van der Waals surface area contributed by atoms with Crippen LogP contribution < -0.4 is 0 Å². The fourth-order valence-electron chi connectivity index (χ4n) is 5.96. The van der Waals surface area contributed by atoms with Crippen molar-refractivity contribution in [2.75, 3.05) is 13.2 Å². The van der Waals surface area contributed by atoms with Gasteiger partial charge in [0, 0.05) is 12.8 Å². The molecular weight excluding hydrogens is 572 g/mol. The summed E-state index contributed by atoms with van der Waals surface area (Å²) < 4.78 is 10.6. The molecule has 0 aromatic heterocycles. The van der Waals surface area contributed by atoms with Gasteiger partial charge in [-0.25, -0.2) is 0 Å².